The SMILES string of the molecule is NC(=O)C(CCO)Sc1nc2c3ccc(F)cc3c3c(=O)[nH]ccc3c2[nH]1. The van der Waals surface area contributed by atoms with E-state index in [0.717, 1.165) is 11.8 Å². The number of pyridine rings is 1. The Labute approximate surface area is 155 Å². The molecule has 0 fully saturated rings. The summed E-state index contributed by atoms with van der Waals surface area (Å²) >= 11 is 1.11. The number of aliphatic hydroxyl groups is 1. The minimum absolute atomic E-state index is 0.179. The summed E-state index contributed by atoms with van der Waals surface area (Å²) in [4.78, 5) is 34.3. The molecule has 2 aromatic heterocycles. The molecule has 0 aliphatic heterocycles. The quantitative estimate of drug-likeness (QED) is 0.308. The molecule has 0 aliphatic carbocycles. The molecule has 0 spiro atoms. The lowest BCUT2D eigenvalue weighted by atomic mass is 10.0. The van der Waals surface area contributed by atoms with Gasteiger partial charge in [0, 0.05) is 29.0 Å². The van der Waals surface area contributed by atoms with Crippen molar-refractivity contribution in [3.63, 3.8) is 0 Å². The lowest BCUT2D eigenvalue weighted by Gasteiger charge is -2.08. The second-order valence-corrected chi connectivity index (χ2v) is 7.26. The first kappa shape index (κ1) is 17.5. The number of halogens is 1. The molecular weight excluding hydrogens is 371 g/mol. The fourth-order valence-electron chi connectivity index (χ4n) is 3.19. The van der Waals surface area contributed by atoms with Gasteiger partial charge in [0.25, 0.3) is 5.56 Å². The number of aromatic amines is 2. The number of primary amides is 1. The van der Waals surface area contributed by atoms with Crippen LogP contribution in [0.3, 0.4) is 0 Å². The zero-order chi connectivity index (χ0) is 19.1. The molecule has 4 aromatic rings. The summed E-state index contributed by atoms with van der Waals surface area (Å²) in [5, 5.41) is 11.0. The van der Waals surface area contributed by atoms with Gasteiger partial charge in [-0.2, -0.15) is 0 Å². The van der Waals surface area contributed by atoms with Gasteiger partial charge < -0.3 is 20.8 Å². The van der Waals surface area contributed by atoms with Crippen LogP contribution in [0.5, 0.6) is 0 Å². The van der Waals surface area contributed by atoms with Crippen LogP contribution in [-0.2, 0) is 4.79 Å². The summed E-state index contributed by atoms with van der Waals surface area (Å²) in [5.74, 6) is -1.00. The van der Waals surface area contributed by atoms with Gasteiger partial charge in [0.05, 0.1) is 21.7 Å². The first-order chi connectivity index (χ1) is 13.0. The van der Waals surface area contributed by atoms with Crippen molar-refractivity contribution in [2.24, 2.45) is 5.73 Å². The number of amides is 1. The van der Waals surface area contributed by atoms with Crippen LogP contribution >= 0.6 is 11.8 Å². The van der Waals surface area contributed by atoms with E-state index in [1.807, 2.05) is 0 Å². The van der Waals surface area contributed by atoms with Crippen molar-refractivity contribution in [3.8, 4) is 0 Å². The third-order valence-electron chi connectivity index (χ3n) is 4.38. The predicted molar refractivity (Wildman–Crippen MR) is 102 cm³/mol. The maximum absolute atomic E-state index is 13.8. The third-order valence-corrected chi connectivity index (χ3v) is 5.55. The monoisotopic (exact) mass is 386 g/mol. The van der Waals surface area contributed by atoms with E-state index in [1.165, 1.54) is 18.3 Å². The van der Waals surface area contributed by atoms with Crippen molar-refractivity contribution >= 4 is 50.2 Å². The van der Waals surface area contributed by atoms with Gasteiger partial charge in [-0.15, -0.1) is 0 Å². The topological polar surface area (TPSA) is 125 Å². The number of nitrogens with one attached hydrogen (secondary N) is 2. The molecule has 27 heavy (non-hydrogen) atoms. The predicted octanol–water partition coefficient (Wildman–Crippen LogP) is 2.03. The minimum Gasteiger partial charge on any atom is -0.396 e. The highest BCUT2D eigenvalue weighted by atomic mass is 32.2. The lowest BCUT2D eigenvalue weighted by Crippen LogP contribution is -2.26. The Morgan fingerprint density at radius 1 is 1.30 bits per heavy atom. The van der Waals surface area contributed by atoms with Gasteiger partial charge in [-0.05, 0) is 30.7 Å². The number of nitrogens with two attached hydrogens (primary N) is 1. The van der Waals surface area contributed by atoms with Gasteiger partial charge in [-0.1, -0.05) is 11.8 Å². The molecule has 0 aliphatic rings. The fourth-order valence-corrected chi connectivity index (χ4v) is 4.11. The molecule has 1 amide bonds. The van der Waals surface area contributed by atoms with E-state index in [-0.39, 0.29) is 18.6 Å². The Hall–Kier alpha value is -2.91. The van der Waals surface area contributed by atoms with E-state index in [9.17, 15) is 14.0 Å². The number of imidazole rings is 1. The summed E-state index contributed by atoms with van der Waals surface area (Å²) in [6.45, 7) is -0.179. The van der Waals surface area contributed by atoms with Gasteiger partial charge >= 0.3 is 0 Å². The van der Waals surface area contributed by atoms with E-state index >= 15 is 0 Å². The van der Waals surface area contributed by atoms with Crippen LogP contribution in [-0.4, -0.2) is 37.8 Å². The Morgan fingerprint density at radius 2 is 2.11 bits per heavy atom. The van der Waals surface area contributed by atoms with Gasteiger partial charge in [0.15, 0.2) is 5.16 Å². The molecule has 5 N–H and O–H groups in total. The highest BCUT2D eigenvalue weighted by Crippen LogP contribution is 2.34. The average Bonchev–Trinajstić information content (AvgIpc) is 3.05. The van der Waals surface area contributed by atoms with Crippen LogP contribution in [0.4, 0.5) is 4.39 Å². The van der Waals surface area contributed by atoms with Crippen LogP contribution in [0.2, 0.25) is 0 Å². The van der Waals surface area contributed by atoms with E-state index < -0.39 is 17.0 Å². The maximum Gasteiger partial charge on any atom is 0.256 e. The van der Waals surface area contributed by atoms with E-state index in [1.54, 1.807) is 12.1 Å². The van der Waals surface area contributed by atoms with E-state index in [0.29, 0.717) is 37.7 Å². The summed E-state index contributed by atoms with van der Waals surface area (Å²) in [5.41, 5.74) is 6.24. The molecule has 0 radical (unpaired) electrons. The van der Waals surface area contributed by atoms with E-state index in [4.69, 9.17) is 10.8 Å². The second-order valence-electron chi connectivity index (χ2n) is 6.07. The number of carbonyl (C=O) groups is 1. The number of rotatable bonds is 5. The third kappa shape index (κ3) is 2.94. The molecular formula is C18H15FN4O3S. The number of hydrogen-bond donors (Lipinski definition) is 4. The molecule has 2 aromatic carbocycles. The molecule has 138 valence electrons. The smallest absolute Gasteiger partial charge is 0.256 e. The number of hydrogen-bond acceptors (Lipinski definition) is 5. The highest BCUT2D eigenvalue weighted by Gasteiger charge is 2.20. The van der Waals surface area contributed by atoms with Crippen molar-refractivity contribution in [1.29, 1.82) is 0 Å². The summed E-state index contributed by atoms with van der Waals surface area (Å²) in [6.07, 6.45) is 1.71. The molecule has 2 heterocycles. The molecule has 0 saturated heterocycles. The van der Waals surface area contributed by atoms with Crippen LogP contribution in [0, 0.1) is 5.82 Å². The molecule has 1 unspecified atom stereocenters. The number of benzene rings is 2. The van der Waals surface area contributed by atoms with Crippen molar-refractivity contribution < 1.29 is 14.3 Å². The lowest BCUT2D eigenvalue weighted by molar-refractivity contribution is -0.117. The number of H-pyrrole nitrogens is 2. The molecule has 1 atom stereocenters. The molecule has 9 heteroatoms. The zero-order valence-electron chi connectivity index (χ0n) is 14.0. The normalized spacial score (nSPS) is 12.8. The number of aliphatic hydroxyl groups excluding tert-OH is 1. The van der Waals surface area contributed by atoms with E-state index in [2.05, 4.69) is 15.0 Å². The molecule has 0 bridgehead atoms. The van der Waals surface area contributed by atoms with Crippen LogP contribution in [0.15, 0.2) is 40.4 Å². The van der Waals surface area contributed by atoms with Crippen molar-refractivity contribution in [2.45, 2.75) is 16.8 Å². The molecule has 7 nitrogen and oxygen atoms in total. The number of fused-ring (bicyclic) bond motifs is 6. The number of nitrogens with zero attached hydrogens (tertiary/aromatic N) is 1. The first-order valence-electron chi connectivity index (χ1n) is 8.18. The molecule has 4 rings (SSSR count). The Bertz CT molecular complexity index is 1250. The Balaban J connectivity index is 2.02. The van der Waals surface area contributed by atoms with Gasteiger partial charge in [0.2, 0.25) is 5.91 Å². The van der Waals surface area contributed by atoms with Crippen molar-refractivity contribution in [2.75, 3.05) is 6.61 Å². The van der Waals surface area contributed by atoms with Gasteiger partial charge in [0.1, 0.15) is 5.82 Å². The largest absolute Gasteiger partial charge is 0.396 e. The fraction of sp³-hybridized carbons (Fsp3) is 0.167. The Kier molecular flexibility index (Phi) is 4.33. The van der Waals surface area contributed by atoms with Crippen molar-refractivity contribution in [1.82, 2.24) is 15.0 Å². The van der Waals surface area contributed by atoms with Crippen LogP contribution in [0.1, 0.15) is 6.42 Å². The number of carbonyl (C=O) groups excluding carboxylic acids is 1. The number of thioether (sulfide) groups is 1. The molecule has 0 saturated carbocycles. The first-order valence-corrected chi connectivity index (χ1v) is 9.06. The van der Waals surface area contributed by atoms with Crippen molar-refractivity contribution in [3.05, 3.63) is 46.6 Å². The van der Waals surface area contributed by atoms with Crippen LogP contribution in [0.25, 0.3) is 32.6 Å². The summed E-state index contributed by atoms with van der Waals surface area (Å²) in [6, 6.07) is 5.92. The van der Waals surface area contributed by atoms with Crippen LogP contribution < -0.4 is 11.3 Å². The minimum atomic E-state index is -0.645. The average molecular weight is 386 g/mol. The zero-order valence-corrected chi connectivity index (χ0v) is 14.8. The Morgan fingerprint density at radius 3 is 2.85 bits per heavy atom. The second kappa shape index (κ2) is 6.67. The summed E-state index contributed by atoms with van der Waals surface area (Å²) in [7, 11) is 0. The standard InChI is InChI=1S/C18H15FN4O3S/c19-8-1-2-9-11(7-8)13-10(3-5-21-17(13)26)15-14(9)22-18(23-15)27-12(4-6-24)16(20)25/h1-3,5,7,12,24H,4,6H2,(H2,20,25)(H,21,26)(H,22,23). The summed E-state index contributed by atoms with van der Waals surface area (Å²) < 4.78 is 13.8. The van der Waals surface area contributed by atoms with Gasteiger partial charge in [-0.3, -0.25) is 9.59 Å². The highest BCUT2D eigenvalue weighted by molar-refractivity contribution is 8.00. The number of aromatic nitrogens is 3. The van der Waals surface area contributed by atoms with Gasteiger partial charge in [-0.25, -0.2) is 9.37 Å². The maximum atomic E-state index is 13.8.